The van der Waals surface area contributed by atoms with Gasteiger partial charge in [-0.25, -0.2) is 0 Å². The lowest BCUT2D eigenvalue weighted by Gasteiger charge is -2.41. The van der Waals surface area contributed by atoms with E-state index in [1.165, 1.54) is 0 Å². The molecule has 1 fully saturated rings. The van der Waals surface area contributed by atoms with Gasteiger partial charge in [-0.3, -0.25) is 4.79 Å². The molecule has 0 aromatic rings. The average molecular weight is 158 g/mol. The Morgan fingerprint density at radius 3 is 2.55 bits per heavy atom. The molecule has 4 heteroatoms. The van der Waals surface area contributed by atoms with Crippen molar-refractivity contribution in [1.82, 2.24) is 0 Å². The number of hydrogen-bond acceptors (Lipinski definition) is 3. The van der Waals surface area contributed by atoms with Crippen LogP contribution in [0.1, 0.15) is 19.3 Å². The Hall–Kier alpha value is -0.610. The Balaban J connectivity index is 2.32. The van der Waals surface area contributed by atoms with Gasteiger partial charge in [-0.05, 0) is 31.7 Å². The highest BCUT2D eigenvalue weighted by atomic mass is 16.4. The summed E-state index contributed by atoms with van der Waals surface area (Å²) in [5, 5.41) is 8.62. The maximum Gasteiger partial charge on any atom is 0.323 e. The first-order valence-corrected chi connectivity index (χ1v) is 3.81. The van der Waals surface area contributed by atoms with Crippen LogP contribution in [0.3, 0.4) is 0 Å². The fourth-order valence-electron chi connectivity index (χ4n) is 1.58. The molecule has 0 spiro atoms. The highest BCUT2D eigenvalue weighted by Crippen LogP contribution is 2.37. The van der Waals surface area contributed by atoms with Crippen LogP contribution < -0.4 is 11.5 Å². The minimum atomic E-state index is -0.945. The van der Waals surface area contributed by atoms with E-state index in [0.29, 0.717) is 25.3 Å². The van der Waals surface area contributed by atoms with Gasteiger partial charge in [0.05, 0.1) is 0 Å². The van der Waals surface area contributed by atoms with E-state index in [1.807, 2.05) is 0 Å². The molecule has 0 radical (unpaired) electrons. The number of hydrogen-bond donors (Lipinski definition) is 3. The molecule has 0 aromatic carbocycles. The number of carboxylic acid groups (broad SMARTS) is 1. The molecule has 1 saturated carbocycles. The van der Waals surface area contributed by atoms with Gasteiger partial charge in [0.15, 0.2) is 0 Å². The van der Waals surface area contributed by atoms with Gasteiger partial charge < -0.3 is 16.6 Å². The third-order valence-corrected chi connectivity index (χ3v) is 2.31. The first-order valence-electron chi connectivity index (χ1n) is 3.81. The number of carbonyl (C=O) groups is 1. The van der Waals surface area contributed by atoms with Crippen molar-refractivity contribution in [3.05, 3.63) is 0 Å². The lowest BCUT2D eigenvalue weighted by Crippen LogP contribution is -2.58. The molecule has 5 N–H and O–H groups in total. The van der Waals surface area contributed by atoms with E-state index in [0.717, 1.165) is 6.42 Å². The Bertz CT molecular complexity index is 164. The number of rotatable bonds is 3. The van der Waals surface area contributed by atoms with Crippen LogP contribution in [0.4, 0.5) is 0 Å². The normalized spacial score (nSPS) is 36.4. The van der Waals surface area contributed by atoms with Crippen molar-refractivity contribution in [3.63, 3.8) is 0 Å². The van der Waals surface area contributed by atoms with Crippen LogP contribution in [0.2, 0.25) is 0 Å². The van der Waals surface area contributed by atoms with Gasteiger partial charge in [-0.15, -0.1) is 0 Å². The summed E-state index contributed by atoms with van der Waals surface area (Å²) in [5.41, 5.74) is 9.90. The molecule has 64 valence electrons. The molecule has 0 aromatic heterocycles. The average Bonchev–Trinajstić information content (AvgIpc) is 1.84. The van der Waals surface area contributed by atoms with Crippen molar-refractivity contribution in [1.29, 1.82) is 0 Å². The number of aliphatic carboxylic acids is 1. The second kappa shape index (κ2) is 2.79. The molecule has 0 bridgehead atoms. The molecule has 0 amide bonds. The van der Waals surface area contributed by atoms with Crippen LogP contribution in [0, 0.1) is 5.92 Å². The molecule has 0 aliphatic heterocycles. The first kappa shape index (κ1) is 8.49. The SMILES string of the molecule is NCCC1CC(N)(C(=O)O)C1. The van der Waals surface area contributed by atoms with E-state index in [-0.39, 0.29) is 0 Å². The van der Waals surface area contributed by atoms with Gasteiger partial charge in [0.25, 0.3) is 0 Å². The third-order valence-electron chi connectivity index (χ3n) is 2.31. The molecule has 11 heavy (non-hydrogen) atoms. The lowest BCUT2D eigenvalue weighted by molar-refractivity contribution is -0.148. The molecular weight excluding hydrogens is 144 g/mol. The van der Waals surface area contributed by atoms with Gasteiger partial charge >= 0.3 is 5.97 Å². The maximum atomic E-state index is 10.5. The second-order valence-electron chi connectivity index (χ2n) is 3.31. The van der Waals surface area contributed by atoms with Crippen LogP contribution in [-0.4, -0.2) is 23.2 Å². The summed E-state index contributed by atoms with van der Waals surface area (Å²) >= 11 is 0. The third kappa shape index (κ3) is 1.52. The minimum Gasteiger partial charge on any atom is -0.480 e. The smallest absolute Gasteiger partial charge is 0.323 e. The molecule has 1 rings (SSSR count). The molecule has 0 unspecified atom stereocenters. The van der Waals surface area contributed by atoms with Crippen molar-refractivity contribution >= 4 is 5.97 Å². The van der Waals surface area contributed by atoms with E-state index < -0.39 is 11.5 Å². The Kier molecular flexibility index (Phi) is 2.15. The van der Waals surface area contributed by atoms with Gasteiger partial charge in [0.2, 0.25) is 0 Å². The summed E-state index contributed by atoms with van der Waals surface area (Å²) in [6.45, 7) is 0.625. The van der Waals surface area contributed by atoms with Gasteiger partial charge in [-0.1, -0.05) is 0 Å². The predicted octanol–water partition coefficient (Wildman–Crippen LogP) is -0.473. The van der Waals surface area contributed by atoms with Crippen LogP contribution in [0.15, 0.2) is 0 Å². The molecule has 0 heterocycles. The van der Waals surface area contributed by atoms with E-state index in [9.17, 15) is 4.79 Å². The monoisotopic (exact) mass is 158 g/mol. The molecule has 0 atom stereocenters. The zero-order valence-corrected chi connectivity index (χ0v) is 6.42. The number of nitrogens with two attached hydrogens (primary N) is 2. The molecule has 1 aliphatic rings. The van der Waals surface area contributed by atoms with E-state index in [1.54, 1.807) is 0 Å². The summed E-state index contributed by atoms with van der Waals surface area (Å²) < 4.78 is 0. The Morgan fingerprint density at radius 2 is 2.18 bits per heavy atom. The van der Waals surface area contributed by atoms with Crippen molar-refractivity contribution in [2.75, 3.05) is 6.54 Å². The van der Waals surface area contributed by atoms with E-state index in [2.05, 4.69) is 0 Å². The topological polar surface area (TPSA) is 89.3 Å². The highest BCUT2D eigenvalue weighted by molar-refractivity contribution is 5.79. The summed E-state index contributed by atoms with van der Waals surface area (Å²) in [4.78, 5) is 10.5. The fraction of sp³-hybridized carbons (Fsp3) is 0.857. The van der Waals surface area contributed by atoms with Crippen LogP contribution in [-0.2, 0) is 4.79 Å². The van der Waals surface area contributed by atoms with Crippen molar-refractivity contribution < 1.29 is 9.90 Å². The lowest BCUT2D eigenvalue weighted by atomic mass is 9.68. The summed E-state index contributed by atoms with van der Waals surface area (Å²) in [7, 11) is 0. The summed E-state index contributed by atoms with van der Waals surface area (Å²) in [6, 6.07) is 0. The van der Waals surface area contributed by atoms with Gasteiger partial charge in [-0.2, -0.15) is 0 Å². The predicted molar refractivity (Wildman–Crippen MR) is 40.9 cm³/mol. The zero-order chi connectivity index (χ0) is 8.48. The molecular formula is C7H14N2O2. The van der Waals surface area contributed by atoms with Crippen LogP contribution >= 0.6 is 0 Å². The van der Waals surface area contributed by atoms with E-state index in [4.69, 9.17) is 16.6 Å². The van der Waals surface area contributed by atoms with Crippen molar-refractivity contribution in [2.24, 2.45) is 17.4 Å². The largest absolute Gasteiger partial charge is 0.480 e. The summed E-state index contributed by atoms with van der Waals surface area (Å²) in [6.07, 6.45) is 2.06. The van der Waals surface area contributed by atoms with Crippen molar-refractivity contribution in [3.8, 4) is 0 Å². The molecule has 1 aliphatic carbocycles. The van der Waals surface area contributed by atoms with Gasteiger partial charge in [0.1, 0.15) is 5.54 Å². The maximum absolute atomic E-state index is 10.5. The highest BCUT2D eigenvalue weighted by Gasteiger charge is 2.46. The quantitative estimate of drug-likeness (QED) is 0.518. The molecule has 4 nitrogen and oxygen atoms in total. The second-order valence-corrected chi connectivity index (χ2v) is 3.31. The fourth-order valence-corrected chi connectivity index (χ4v) is 1.58. The zero-order valence-electron chi connectivity index (χ0n) is 6.42. The van der Waals surface area contributed by atoms with Crippen molar-refractivity contribution in [2.45, 2.75) is 24.8 Å². The standard InChI is InChI=1S/C7H14N2O2/c8-2-1-5-3-7(9,4-5)6(10)11/h5H,1-4,8-9H2,(H,10,11). The van der Waals surface area contributed by atoms with Gasteiger partial charge in [0, 0.05) is 0 Å². The molecule has 0 saturated heterocycles. The number of carboxylic acids is 1. The Labute approximate surface area is 65.6 Å². The minimum absolute atomic E-state index is 0.432. The van der Waals surface area contributed by atoms with E-state index >= 15 is 0 Å². The van der Waals surface area contributed by atoms with Crippen LogP contribution in [0.25, 0.3) is 0 Å². The Morgan fingerprint density at radius 1 is 1.64 bits per heavy atom. The summed E-state index contributed by atoms with van der Waals surface area (Å²) in [5.74, 6) is -0.452. The van der Waals surface area contributed by atoms with Crippen LogP contribution in [0.5, 0.6) is 0 Å². The first-order chi connectivity index (χ1) is 5.08.